The maximum absolute atomic E-state index is 11.9. The Labute approximate surface area is 184 Å². The number of aldehydes is 1. The van der Waals surface area contributed by atoms with Crippen molar-refractivity contribution in [2.45, 2.75) is 17.6 Å². The van der Waals surface area contributed by atoms with E-state index in [4.69, 9.17) is 16.3 Å². The number of aromatic amines is 1. The summed E-state index contributed by atoms with van der Waals surface area (Å²) in [5.41, 5.74) is 1.16. The highest BCUT2D eigenvalue weighted by Crippen LogP contribution is 2.47. The molecule has 0 aliphatic carbocycles. The number of halogens is 1. The van der Waals surface area contributed by atoms with Crippen LogP contribution in [0.1, 0.15) is 21.9 Å². The number of nitrogens with one attached hydrogen (secondary N) is 1. The number of nitro benzene ring substituents is 1. The summed E-state index contributed by atoms with van der Waals surface area (Å²) in [4.78, 5) is 37.9. The molecule has 154 valence electrons. The van der Waals surface area contributed by atoms with E-state index >= 15 is 0 Å². The van der Waals surface area contributed by atoms with Gasteiger partial charge in [0.2, 0.25) is 0 Å². The number of nitro groups is 1. The van der Waals surface area contributed by atoms with Gasteiger partial charge in [-0.1, -0.05) is 41.1 Å². The largest absolute Gasteiger partial charge is 0.489 e. The fourth-order valence-electron chi connectivity index (χ4n) is 3.39. The van der Waals surface area contributed by atoms with Crippen molar-refractivity contribution in [3.63, 3.8) is 0 Å². The summed E-state index contributed by atoms with van der Waals surface area (Å²) in [6, 6.07) is 11.5. The first-order chi connectivity index (χ1) is 14.5. The maximum Gasteiger partial charge on any atom is 0.305 e. The Morgan fingerprint density at radius 3 is 2.83 bits per heavy atom. The first-order valence-corrected chi connectivity index (χ1v) is 11.1. The lowest BCUT2D eigenvalue weighted by Crippen LogP contribution is -2.22. The van der Waals surface area contributed by atoms with Crippen molar-refractivity contribution in [1.29, 1.82) is 0 Å². The van der Waals surface area contributed by atoms with E-state index in [0.29, 0.717) is 32.0 Å². The number of aromatic nitrogens is 1. The van der Waals surface area contributed by atoms with Crippen LogP contribution < -0.4 is 9.61 Å². The topological polar surface area (TPSA) is 102 Å². The number of carbonyl (C=O) groups excluding carboxylic acids is 1. The molecule has 3 aromatic rings. The molecule has 4 rings (SSSR count). The van der Waals surface area contributed by atoms with Gasteiger partial charge in [-0.3, -0.25) is 14.9 Å². The Balaban J connectivity index is 1.79. The van der Waals surface area contributed by atoms with Crippen molar-refractivity contribution >= 4 is 46.7 Å². The van der Waals surface area contributed by atoms with Gasteiger partial charge in [0.15, 0.2) is 0 Å². The van der Waals surface area contributed by atoms with E-state index < -0.39 is 16.8 Å². The van der Waals surface area contributed by atoms with Gasteiger partial charge in [0.05, 0.1) is 9.95 Å². The molecule has 1 aliphatic heterocycles. The quantitative estimate of drug-likeness (QED) is 0.325. The third-order valence-corrected chi connectivity index (χ3v) is 7.45. The maximum atomic E-state index is 11.9. The van der Waals surface area contributed by atoms with Gasteiger partial charge in [-0.2, -0.15) is 0 Å². The second kappa shape index (κ2) is 8.63. The van der Waals surface area contributed by atoms with Crippen molar-refractivity contribution in [3.8, 4) is 5.75 Å². The van der Waals surface area contributed by atoms with Gasteiger partial charge in [0.1, 0.15) is 18.6 Å². The number of H-pyrrole nitrogens is 1. The van der Waals surface area contributed by atoms with Gasteiger partial charge in [0.25, 0.3) is 5.69 Å². The van der Waals surface area contributed by atoms with Crippen LogP contribution in [0.15, 0.2) is 52.3 Å². The number of ether oxygens (including phenoxy) is 1. The lowest BCUT2D eigenvalue weighted by molar-refractivity contribution is -0.385. The van der Waals surface area contributed by atoms with E-state index in [1.807, 2.05) is 18.2 Å². The van der Waals surface area contributed by atoms with Crippen molar-refractivity contribution in [2.75, 3.05) is 5.75 Å². The number of carbonyl (C=O) groups is 1. The molecule has 0 radical (unpaired) electrons. The number of hydrogen-bond donors (Lipinski definition) is 1. The standard InChI is InChI=1S/C20H15ClN2O5S2/c21-15-4-2-1-3-11(15)9-28-16-6-5-13(23(26)27)7-14(16)17-12(8-24)10-29-19-18(17)30-20(25)22-19/h1-8,12,17H,9-10H2,(H,22,25)/t12-,17+/m1/s1. The third-order valence-electron chi connectivity index (χ3n) is 4.83. The van der Waals surface area contributed by atoms with Crippen molar-refractivity contribution < 1.29 is 14.5 Å². The lowest BCUT2D eigenvalue weighted by atomic mass is 9.85. The van der Waals surface area contributed by atoms with Crippen molar-refractivity contribution in [3.05, 3.63) is 83.3 Å². The zero-order chi connectivity index (χ0) is 21.3. The molecule has 0 saturated carbocycles. The SMILES string of the molecule is O=C[C@@H]1CSc2[nH]c(=O)sc2[C@@H]1c1cc([N+](=O)[O-])ccc1OCc1ccccc1Cl. The molecular formula is C20H15ClN2O5S2. The molecule has 0 amide bonds. The lowest BCUT2D eigenvalue weighted by Gasteiger charge is -2.28. The van der Waals surface area contributed by atoms with Crippen LogP contribution in [0.3, 0.4) is 0 Å². The number of hydrogen-bond acceptors (Lipinski definition) is 7. The minimum atomic E-state index is -0.510. The van der Waals surface area contributed by atoms with E-state index in [-0.39, 0.29) is 17.2 Å². The van der Waals surface area contributed by atoms with E-state index in [2.05, 4.69) is 4.98 Å². The number of rotatable bonds is 6. The molecule has 1 N–H and O–H groups in total. The Bertz CT molecular complexity index is 1180. The molecule has 2 atom stereocenters. The second-order valence-corrected chi connectivity index (χ2v) is 9.11. The van der Waals surface area contributed by atoms with E-state index in [1.54, 1.807) is 6.07 Å². The summed E-state index contributed by atoms with van der Waals surface area (Å²) in [5.74, 6) is -0.0842. The van der Waals surface area contributed by atoms with Gasteiger partial charge in [0, 0.05) is 50.7 Å². The van der Waals surface area contributed by atoms with Crippen LogP contribution in [0.2, 0.25) is 5.02 Å². The zero-order valence-electron chi connectivity index (χ0n) is 15.4. The fourth-order valence-corrected chi connectivity index (χ4v) is 5.94. The second-order valence-electron chi connectivity index (χ2n) is 6.66. The van der Waals surface area contributed by atoms with Crippen molar-refractivity contribution in [1.82, 2.24) is 4.98 Å². The predicted octanol–water partition coefficient (Wildman–Crippen LogP) is 4.63. The Kier molecular flexibility index (Phi) is 5.94. The molecule has 0 spiro atoms. The fraction of sp³-hybridized carbons (Fsp3) is 0.200. The molecule has 2 aromatic carbocycles. The average Bonchev–Trinajstić information content (AvgIpc) is 3.12. The van der Waals surface area contributed by atoms with Crippen molar-refractivity contribution in [2.24, 2.45) is 5.92 Å². The van der Waals surface area contributed by atoms with Gasteiger partial charge in [-0.15, -0.1) is 11.8 Å². The molecule has 1 aliphatic rings. The summed E-state index contributed by atoms with van der Waals surface area (Å²) in [6.45, 7) is 0.161. The van der Waals surface area contributed by atoms with E-state index in [0.717, 1.165) is 23.2 Å². The molecule has 0 bridgehead atoms. The first-order valence-electron chi connectivity index (χ1n) is 8.93. The minimum Gasteiger partial charge on any atom is -0.489 e. The Hall–Kier alpha value is -2.62. The molecular weight excluding hydrogens is 448 g/mol. The number of benzene rings is 2. The molecule has 0 saturated heterocycles. The van der Waals surface area contributed by atoms with Gasteiger partial charge in [-0.05, 0) is 12.1 Å². The summed E-state index contributed by atoms with van der Waals surface area (Å²) >= 11 is 8.62. The molecule has 30 heavy (non-hydrogen) atoms. The molecule has 7 nitrogen and oxygen atoms in total. The molecule has 0 unspecified atom stereocenters. The van der Waals surface area contributed by atoms with Crippen LogP contribution in [0.25, 0.3) is 0 Å². The monoisotopic (exact) mass is 462 g/mol. The molecule has 10 heteroatoms. The number of non-ortho nitro benzene ring substituents is 1. The van der Waals surface area contributed by atoms with Crippen LogP contribution >= 0.6 is 34.7 Å². The summed E-state index contributed by atoms with van der Waals surface area (Å²) in [7, 11) is 0. The predicted molar refractivity (Wildman–Crippen MR) is 116 cm³/mol. The first kappa shape index (κ1) is 20.6. The Morgan fingerprint density at radius 2 is 2.10 bits per heavy atom. The van der Waals surface area contributed by atoms with Gasteiger partial charge < -0.3 is 14.5 Å². The smallest absolute Gasteiger partial charge is 0.305 e. The molecule has 1 aromatic heterocycles. The summed E-state index contributed by atoms with van der Waals surface area (Å²) in [6.07, 6.45) is 0.835. The van der Waals surface area contributed by atoms with E-state index in [9.17, 15) is 19.7 Å². The third kappa shape index (κ3) is 4.00. The van der Waals surface area contributed by atoms with Gasteiger partial charge in [-0.25, -0.2) is 0 Å². The summed E-state index contributed by atoms with van der Waals surface area (Å²) < 4.78 is 5.99. The number of thiazole rings is 1. The van der Waals surface area contributed by atoms with Gasteiger partial charge >= 0.3 is 4.87 Å². The van der Waals surface area contributed by atoms with Crippen LogP contribution in [0.4, 0.5) is 5.69 Å². The number of fused-ring (bicyclic) bond motifs is 1. The highest BCUT2D eigenvalue weighted by molar-refractivity contribution is 7.99. The molecule has 2 heterocycles. The summed E-state index contributed by atoms with van der Waals surface area (Å²) in [5, 5.41) is 12.6. The van der Waals surface area contributed by atoms with Crippen LogP contribution in [-0.4, -0.2) is 21.9 Å². The number of nitrogens with zero attached hydrogens (tertiary/aromatic N) is 1. The van der Waals surface area contributed by atoms with Crippen LogP contribution in [0, 0.1) is 16.0 Å². The normalized spacial score (nSPS) is 17.9. The highest BCUT2D eigenvalue weighted by atomic mass is 35.5. The average molecular weight is 463 g/mol. The van der Waals surface area contributed by atoms with Crippen LogP contribution in [-0.2, 0) is 11.4 Å². The highest BCUT2D eigenvalue weighted by Gasteiger charge is 2.36. The van der Waals surface area contributed by atoms with Crippen LogP contribution in [0.5, 0.6) is 5.75 Å². The minimum absolute atomic E-state index is 0.109. The Morgan fingerprint density at radius 1 is 1.30 bits per heavy atom. The number of thioether (sulfide) groups is 1. The molecule has 0 fully saturated rings. The van der Waals surface area contributed by atoms with E-state index in [1.165, 1.54) is 30.0 Å². The zero-order valence-corrected chi connectivity index (χ0v) is 17.8.